The molecule has 1 unspecified atom stereocenters. The normalized spacial score (nSPS) is 16.2. The topological polar surface area (TPSA) is 123 Å². The van der Waals surface area contributed by atoms with Crippen LogP contribution in [0.25, 0.3) is 0 Å². The molecule has 1 saturated heterocycles. The molecule has 1 aromatic heterocycles. The first kappa shape index (κ1) is 19.7. The van der Waals surface area contributed by atoms with Crippen molar-refractivity contribution >= 4 is 23.7 Å². The highest BCUT2D eigenvalue weighted by molar-refractivity contribution is 5.93. The number of nitrogens with zero attached hydrogens (tertiary/aromatic N) is 2. The minimum atomic E-state index is -0.542. The third kappa shape index (κ3) is 6.36. The van der Waals surface area contributed by atoms with Crippen LogP contribution in [0.2, 0.25) is 0 Å². The first-order valence-electron chi connectivity index (χ1n) is 8.51. The maximum absolute atomic E-state index is 12.4. The average molecular weight is 368 g/mol. The number of urea groups is 1. The average Bonchev–Trinajstić information content (AvgIpc) is 3.24. The summed E-state index contributed by atoms with van der Waals surface area (Å²) in [6, 6.07) is 1.03. The number of amides is 3. The lowest BCUT2D eigenvalue weighted by Gasteiger charge is -2.24. The molecular weight excluding hydrogens is 344 g/mol. The van der Waals surface area contributed by atoms with Gasteiger partial charge in [-0.3, -0.25) is 9.59 Å². The van der Waals surface area contributed by atoms with Gasteiger partial charge in [-0.25, -0.2) is 4.79 Å². The minimum absolute atomic E-state index is 0.134. The summed E-state index contributed by atoms with van der Waals surface area (Å²) in [5.41, 5.74) is 0. The lowest BCUT2D eigenvalue weighted by Crippen LogP contribution is -2.48. The van der Waals surface area contributed by atoms with Gasteiger partial charge >= 0.3 is 12.0 Å². The summed E-state index contributed by atoms with van der Waals surface area (Å²) in [4.78, 5) is 37.3. The molecule has 26 heavy (non-hydrogen) atoms. The predicted molar refractivity (Wildman–Crippen MR) is 90.4 cm³/mol. The van der Waals surface area contributed by atoms with Gasteiger partial charge in [-0.15, -0.1) is 0 Å². The highest BCUT2D eigenvalue weighted by atomic mass is 16.5. The fraction of sp³-hybridized carbons (Fsp3) is 0.625. The first-order chi connectivity index (χ1) is 12.5. The van der Waals surface area contributed by atoms with Crippen LogP contribution in [0.5, 0.6) is 0 Å². The summed E-state index contributed by atoms with van der Waals surface area (Å²) in [5.74, 6) is -0.136. The van der Waals surface area contributed by atoms with E-state index in [9.17, 15) is 14.4 Å². The summed E-state index contributed by atoms with van der Waals surface area (Å²) in [5, 5.41) is 8.70. The molecule has 2 heterocycles. The minimum Gasteiger partial charge on any atom is -0.465 e. The zero-order valence-corrected chi connectivity index (χ0v) is 14.9. The summed E-state index contributed by atoms with van der Waals surface area (Å²) in [6.45, 7) is 4.02. The highest BCUT2D eigenvalue weighted by Crippen LogP contribution is 2.14. The monoisotopic (exact) mass is 368 g/mol. The molecule has 10 heteroatoms. The predicted octanol–water partition coefficient (Wildman–Crippen LogP) is 0.675. The number of hydrogen-bond donors (Lipinski definition) is 2. The van der Waals surface area contributed by atoms with E-state index >= 15 is 0 Å². The summed E-state index contributed by atoms with van der Waals surface area (Å²) in [7, 11) is 0. The lowest BCUT2D eigenvalue weighted by atomic mass is 10.2. The third-order valence-electron chi connectivity index (χ3n) is 3.65. The van der Waals surface area contributed by atoms with E-state index in [1.54, 1.807) is 19.9 Å². The zero-order chi connectivity index (χ0) is 18.9. The van der Waals surface area contributed by atoms with Crippen molar-refractivity contribution in [2.45, 2.75) is 32.8 Å². The molecule has 144 valence electrons. The number of ether oxygens (including phenoxy) is 2. The number of aromatic nitrogens is 1. The van der Waals surface area contributed by atoms with E-state index in [1.807, 2.05) is 0 Å². The molecule has 0 aliphatic carbocycles. The van der Waals surface area contributed by atoms with Gasteiger partial charge < -0.3 is 29.5 Å². The second-order valence-electron chi connectivity index (χ2n) is 5.85. The number of nitrogens with one attached hydrogen (secondary N) is 2. The zero-order valence-electron chi connectivity index (χ0n) is 14.9. The van der Waals surface area contributed by atoms with Crippen molar-refractivity contribution in [1.82, 2.24) is 15.4 Å². The Balaban J connectivity index is 1.91. The molecule has 0 aromatic carbocycles. The molecule has 1 aliphatic rings. The van der Waals surface area contributed by atoms with E-state index in [2.05, 4.69) is 15.8 Å². The van der Waals surface area contributed by atoms with Crippen LogP contribution in [0.15, 0.2) is 10.6 Å². The summed E-state index contributed by atoms with van der Waals surface area (Å²) < 4.78 is 15.2. The van der Waals surface area contributed by atoms with Crippen molar-refractivity contribution in [1.29, 1.82) is 0 Å². The Bertz CT molecular complexity index is 626. The van der Waals surface area contributed by atoms with Crippen LogP contribution < -0.4 is 10.6 Å². The lowest BCUT2D eigenvalue weighted by molar-refractivity contribution is -0.141. The Labute approximate surface area is 151 Å². The van der Waals surface area contributed by atoms with Crippen LogP contribution in [0, 0.1) is 6.92 Å². The maximum atomic E-state index is 12.4. The Morgan fingerprint density at radius 1 is 1.42 bits per heavy atom. The van der Waals surface area contributed by atoms with E-state index in [0.29, 0.717) is 12.4 Å². The van der Waals surface area contributed by atoms with Gasteiger partial charge in [0.25, 0.3) is 0 Å². The highest BCUT2D eigenvalue weighted by Gasteiger charge is 2.25. The molecule has 1 fully saturated rings. The molecule has 0 saturated carbocycles. The molecular formula is C16H24N4O6. The Morgan fingerprint density at radius 2 is 2.23 bits per heavy atom. The number of hydrogen-bond acceptors (Lipinski definition) is 7. The molecule has 0 radical (unpaired) electrons. The fourth-order valence-corrected chi connectivity index (χ4v) is 2.51. The summed E-state index contributed by atoms with van der Waals surface area (Å²) in [6.07, 6.45) is 1.59. The van der Waals surface area contributed by atoms with E-state index in [-0.39, 0.29) is 38.2 Å². The molecule has 3 amide bonds. The number of rotatable bonds is 8. The number of anilines is 1. The Hall–Kier alpha value is -2.62. The van der Waals surface area contributed by atoms with Gasteiger partial charge in [-0.05, 0) is 26.7 Å². The number of esters is 1. The van der Waals surface area contributed by atoms with E-state index in [4.69, 9.17) is 14.0 Å². The number of aryl methyl sites for hydroxylation is 1. The van der Waals surface area contributed by atoms with Gasteiger partial charge in [0.15, 0.2) is 5.82 Å². The Kier molecular flexibility index (Phi) is 7.39. The second-order valence-corrected chi connectivity index (χ2v) is 5.85. The standard InChI is InChI=1S/C16H24N4O6/c1-3-24-15(22)8-17-16(23)20(9-12-5-4-6-25-12)10-14(21)18-13-7-11(2)26-19-13/h7,12H,3-6,8-10H2,1-2H3,(H,17,23)(H,18,19,21). The third-order valence-corrected chi connectivity index (χ3v) is 3.65. The van der Waals surface area contributed by atoms with Crippen LogP contribution in [0.3, 0.4) is 0 Å². The molecule has 1 aromatic rings. The molecule has 2 rings (SSSR count). The van der Waals surface area contributed by atoms with Crippen molar-refractivity contribution in [3.63, 3.8) is 0 Å². The molecule has 10 nitrogen and oxygen atoms in total. The molecule has 1 atom stereocenters. The van der Waals surface area contributed by atoms with Gasteiger partial charge in [0.2, 0.25) is 5.91 Å². The van der Waals surface area contributed by atoms with Crippen LogP contribution >= 0.6 is 0 Å². The second kappa shape index (κ2) is 9.76. The quantitative estimate of drug-likeness (QED) is 0.647. The van der Waals surface area contributed by atoms with Crippen molar-refractivity contribution < 1.29 is 28.4 Å². The van der Waals surface area contributed by atoms with Crippen LogP contribution in [0.4, 0.5) is 10.6 Å². The number of carbonyl (C=O) groups is 3. The molecule has 1 aliphatic heterocycles. The first-order valence-corrected chi connectivity index (χ1v) is 8.51. The van der Waals surface area contributed by atoms with Crippen LogP contribution in [0.1, 0.15) is 25.5 Å². The number of carbonyl (C=O) groups excluding carboxylic acids is 3. The smallest absolute Gasteiger partial charge is 0.325 e. The van der Waals surface area contributed by atoms with Crippen molar-refractivity contribution in [2.75, 3.05) is 38.2 Å². The van der Waals surface area contributed by atoms with Gasteiger partial charge in [0.1, 0.15) is 18.8 Å². The van der Waals surface area contributed by atoms with Gasteiger partial charge in [0, 0.05) is 19.2 Å². The fourth-order valence-electron chi connectivity index (χ4n) is 2.51. The van der Waals surface area contributed by atoms with Crippen molar-refractivity contribution in [3.8, 4) is 0 Å². The Morgan fingerprint density at radius 3 is 2.85 bits per heavy atom. The van der Waals surface area contributed by atoms with E-state index in [0.717, 1.165) is 12.8 Å². The van der Waals surface area contributed by atoms with Crippen LogP contribution in [-0.2, 0) is 19.1 Å². The van der Waals surface area contributed by atoms with E-state index < -0.39 is 17.9 Å². The maximum Gasteiger partial charge on any atom is 0.325 e. The summed E-state index contributed by atoms with van der Waals surface area (Å²) >= 11 is 0. The van der Waals surface area contributed by atoms with Gasteiger partial charge in [0.05, 0.1) is 12.7 Å². The molecule has 0 spiro atoms. The van der Waals surface area contributed by atoms with Gasteiger partial charge in [-0.1, -0.05) is 5.16 Å². The largest absolute Gasteiger partial charge is 0.465 e. The van der Waals surface area contributed by atoms with Gasteiger partial charge in [-0.2, -0.15) is 0 Å². The molecule has 2 N–H and O–H groups in total. The van der Waals surface area contributed by atoms with Crippen molar-refractivity contribution in [2.24, 2.45) is 0 Å². The van der Waals surface area contributed by atoms with E-state index in [1.165, 1.54) is 4.90 Å². The SMILES string of the molecule is CCOC(=O)CNC(=O)N(CC(=O)Nc1cc(C)on1)CC1CCCO1. The van der Waals surface area contributed by atoms with Crippen LogP contribution in [-0.4, -0.2) is 66.9 Å². The van der Waals surface area contributed by atoms with Crippen molar-refractivity contribution in [3.05, 3.63) is 11.8 Å². The molecule has 0 bridgehead atoms.